The first-order chi connectivity index (χ1) is 18.9. The normalized spacial score (nSPS) is 21.9. The molecule has 0 spiro atoms. The number of rotatable bonds is 5. The highest BCUT2D eigenvalue weighted by atomic mass is 19.2. The Morgan fingerprint density at radius 1 is 1.00 bits per heavy atom. The number of aryl methyl sites for hydroxylation is 2. The zero-order chi connectivity index (χ0) is 27.3. The van der Waals surface area contributed by atoms with Gasteiger partial charge in [0, 0.05) is 31.2 Å². The van der Waals surface area contributed by atoms with Crippen molar-refractivity contribution in [3.8, 4) is 11.1 Å². The number of amides is 1. The van der Waals surface area contributed by atoms with E-state index in [9.17, 15) is 13.6 Å². The number of nitrogens with zero attached hydrogens (tertiary/aromatic N) is 4. The number of benzene rings is 2. The van der Waals surface area contributed by atoms with Crippen molar-refractivity contribution in [2.24, 2.45) is 0 Å². The fourth-order valence-electron chi connectivity index (χ4n) is 6.07. The third-order valence-electron chi connectivity index (χ3n) is 7.99. The van der Waals surface area contributed by atoms with Gasteiger partial charge in [0.25, 0.3) is 0 Å². The number of carbonyl (C=O) groups excluding carboxylic acids is 1. The molecular weight excluding hydrogens is 506 g/mol. The quantitative estimate of drug-likeness (QED) is 0.279. The minimum atomic E-state index is -1.03. The molecule has 39 heavy (non-hydrogen) atoms. The predicted octanol–water partition coefficient (Wildman–Crippen LogP) is 6.80. The van der Waals surface area contributed by atoms with E-state index >= 15 is 0 Å². The molecule has 1 aliphatic heterocycles. The van der Waals surface area contributed by atoms with E-state index < -0.39 is 23.8 Å². The molecule has 204 valence electrons. The first-order valence-corrected chi connectivity index (χ1v) is 13.2. The van der Waals surface area contributed by atoms with Crippen molar-refractivity contribution < 1.29 is 27.6 Å². The van der Waals surface area contributed by atoms with Crippen LogP contribution in [0.25, 0.3) is 22.2 Å². The first kappa shape index (κ1) is 25.5. The number of cyclic esters (lactones) is 1. The molecule has 2 aliphatic rings. The Hall–Kier alpha value is -3.79. The van der Waals surface area contributed by atoms with E-state index in [1.54, 1.807) is 7.11 Å². The van der Waals surface area contributed by atoms with Crippen LogP contribution in [0.4, 0.5) is 19.3 Å². The maximum Gasteiger partial charge on any atom is 0.414 e. The SMILES string of the molecule is CO[C@H]1CC[C@H](n2c([C@H]3CCOC(=O)N3c3ccc(F)c(F)c3)nc3cc(-c4c(C)noc4C)ccc32)CC1. The van der Waals surface area contributed by atoms with Crippen molar-refractivity contribution in [1.29, 1.82) is 0 Å². The van der Waals surface area contributed by atoms with E-state index in [0.29, 0.717) is 12.2 Å². The number of halogens is 2. The van der Waals surface area contributed by atoms with Gasteiger partial charge in [-0.2, -0.15) is 0 Å². The number of imidazole rings is 1. The third-order valence-corrected chi connectivity index (χ3v) is 7.99. The van der Waals surface area contributed by atoms with Crippen molar-refractivity contribution >= 4 is 22.8 Å². The largest absolute Gasteiger partial charge is 0.449 e. The van der Waals surface area contributed by atoms with Gasteiger partial charge in [-0.05, 0) is 69.4 Å². The maximum atomic E-state index is 14.2. The summed E-state index contributed by atoms with van der Waals surface area (Å²) in [7, 11) is 1.74. The lowest BCUT2D eigenvalue weighted by atomic mass is 9.92. The van der Waals surface area contributed by atoms with E-state index in [2.05, 4.69) is 15.8 Å². The molecule has 6 rings (SSSR count). The second kappa shape index (κ2) is 10.1. The number of anilines is 1. The van der Waals surface area contributed by atoms with Crippen LogP contribution in [0.5, 0.6) is 0 Å². The van der Waals surface area contributed by atoms with E-state index in [4.69, 9.17) is 19.0 Å². The fourth-order valence-corrected chi connectivity index (χ4v) is 6.07. The summed E-state index contributed by atoms with van der Waals surface area (Å²) in [6, 6.07) is 9.18. The number of fused-ring (bicyclic) bond motifs is 1. The summed E-state index contributed by atoms with van der Waals surface area (Å²) in [4.78, 5) is 19.5. The molecule has 1 saturated carbocycles. The number of aromatic nitrogens is 3. The van der Waals surface area contributed by atoms with Crippen molar-refractivity contribution in [2.75, 3.05) is 18.6 Å². The van der Waals surface area contributed by atoms with Crippen LogP contribution in [0.2, 0.25) is 0 Å². The number of hydrogen-bond acceptors (Lipinski definition) is 6. The van der Waals surface area contributed by atoms with Crippen LogP contribution in [-0.2, 0) is 9.47 Å². The Morgan fingerprint density at radius 3 is 2.49 bits per heavy atom. The van der Waals surface area contributed by atoms with E-state index in [1.807, 2.05) is 26.0 Å². The molecule has 0 N–H and O–H groups in total. The summed E-state index contributed by atoms with van der Waals surface area (Å²) in [6.07, 6.45) is 3.67. The third kappa shape index (κ3) is 4.46. The highest BCUT2D eigenvalue weighted by molar-refractivity contribution is 5.90. The molecule has 10 heteroatoms. The molecule has 1 amide bonds. The van der Waals surface area contributed by atoms with Crippen LogP contribution in [0.3, 0.4) is 0 Å². The van der Waals surface area contributed by atoms with Crippen molar-refractivity contribution in [2.45, 2.75) is 64.1 Å². The van der Waals surface area contributed by atoms with Gasteiger partial charge in [-0.1, -0.05) is 11.2 Å². The Morgan fingerprint density at radius 2 is 1.79 bits per heavy atom. The van der Waals surface area contributed by atoms with Crippen LogP contribution in [-0.4, -0.2) is 40.6 Å². The summed E-state index contributed by atoms with van der Waals surface area (Å²) in [5, 5.41) is 4.09. The lowest BCUT2D eigenvalue weighted by Crippen LogP contribution is -2.42. The summed E-state index contributed by atoms with van der Waals surface area (Å²) in [5.74, 6) is -0.582. The van der Waals surface area contributed by atoms with Gasteiger partial charge in [-0.15, -0.1) is 0 Å². The zero-order valence-electron chi connectivity index (χ0n) is 22.1. The highest BCUT2D eigenvalue weighted by Gasteiger charge is 2.38. The van der Waals surface area contributed by atoms with E-state index in [-0.39, 0.29) is 24.4 Å². The van der Waals surface area contributed by atoms with Gasteiger partial charge in [-0.25, -0.2) is 18.6 Å². The minimum absolute atomic E-state index is 0.145. The van der Waals surface area contributed by atoms with Crippen LogP contribution in [0, 0.1) is 25.5 Å². The lowest BCUT2D eigenvalue weighted by Gasteiger charge is -2.37. The molecule has 1 saturated heterocycles. The molecule has 2 fully saturated rings. The molecule has 0 radical (unpaired) electrons. The van der Waals surface area contributed by atoms with Crippen molar-refractivity contribution in [3.05, 3.63) is 65.3 Å². The Kier molecular flexibility index (Phi) is 6.58. The van der Waals surface area contributed by atoms with Gasteiger partial charge in [0.1, 0.15) is 17.6 Å². The molecule has 1 aliphatic carbocycles. The summed E-state index contributed by atoms with van der Waals surface area (Å²) in [6.45, 7) is 3.99. The van der Waals surface area contributed by atoms with Crippen molar-refractivity contribution in [1.82, 2.24) is 14.7 Å². The molecule has 0 unspecified atom stereocenters. The van der Waals surface area contributed by atoms with Crippen LogP contribution in [0.15, 0.2) is 40.9 Å². The fraction of sp³-hybridized carbons (Fsp3) is 0.414. The predicted molar refractivity (Wildman–Crippen MR) is 141 cm³/mol. The Bertz CT molecular complexity index is 1520. The van der Waals surface area contributed by atoms with Gasteiger partial charge in [0.15, 0.2) is 11.6 Å². The average Bonchev–Trinajstić information content (AvgIpc) is 3.48. The van der Waals surface area contributed by atoms with Crippen LogP contribution in [0.1, 0.15) is 61.5 Å². The number of carbonyl (C=O) groups is 1. The second-order valence-corrected chi connectivity index (χ2v) is 10.3. The Balaban J connectivity index is 1.50. The topological polar surface area (TPSA) is 82.6 Å². The molecule has 0 bridgehead atoms. The number of hydrogen-bond donors (Lipinski definition) is 0. The number of ether oxygens (including phenoxy) is 2. The molecule has 1 atom stereocenters. The van der Waals surface area contributed by atoms with Gasteiger partial charge < -0.3 is 18.6 Å². The summed E-state index contributed by atoms with van der Waals surface area (Å²) >= 11 is 0. The molecule has 4 aromatic rings. The van der Waals surface area contributed by atoms with E-state index in [1.165, 1.54) is 11.0 Å². The van der Waals surface area contributed by atoms with Gasteiger partial charge in [-0.3, -0.25) is 4.90 Å². The van der Waals surface area contributed by atoms with Gasteiger partial charge >= 0.3 is 6.09 Å². The van der Waals surface area contributed by atoms with Crippen LogP contribution < -0.4 is 4.90 Å². The average molecular weight is 537 g/mol. The molecular formula is C29H30F2N4O4. The van der Waals surface area contributed by atoms with E-state index in [0.717, 1.165) is 71.4 Å². The standard InChI is InChI=1S/C29H30F2N4O4/c1-16-27(17(2)39-33-16)18-4-11-25-24(14-18)32-28(34(25)19-5-8-21(37-3)9-6-19)26-12-13-38-29(36)35(26)20-7-10-22(30)23(31)15-20/h4,7,10-11,14-15,19,21,26H,5-6,8-9,12-13H2,1-3H3/t19-,21-,26-/m1/s1. The smallest absolute Gasteiger partial charge is 0.414 e. The maximum absolute atomic E-state index is 14.2. The second-order valence-electron chi connectivity index (χ2n) is 10.3. The molecule has 3 heterocycles. The molecule has 8 nitrogen and oxygen atoms in total. The van der Waals surface area contributed by atoms with Crippen molar-refractivity contribution in [3.63, 3.8) is 0 Å². The molecule has 2 aromatic heterocycles. The summed E-state index contributed by atoms with van der Waals surface area (Å²) < 4.78 is 46.6. The summed E-state index contributed by atoms with van der Waals surface area (Å²) in [5.41, 5.74) is 4.62. The molecule has 2 aromatic carbocycles. The lowest BCUT2D eigenvalue weighted by molar-refractivity contribution is 0.0582. The van der Waals surface area contributed by atoms with Gasteiger partial charge in [0.05, 0.1) is 35.1 Å². The monoisotopic (exact) mass is 536 g/mol. The highest BCUT2D eigenvalue weighted by Crippen LogP contribution is 2.41. The van der Waals surface area contributed by atoms with Crippen LogP contribution >= 0.6 is 0 Å². The number of methoxy groups -OCH3 is 1. The Labute approximate surface area is 224 Å². The zero-order valence-corrected chi connectivity index (χ0v) is 22.1. The minimum Gasteiger partial charge on any atom is -0.449 e. The first-order valence-electron chi connectivity index (χ1n) is 13.2. The van der Waals surface area contributed by atoms with Gasteiger partial charge in [0.2, 0.25) is 0 Å².